The third-order valence-corrected chi connectivity index (χ3v) is 7.03. The van der Waals surface area contributed by atoms with Crippen LogP contribution in [0, 0.1) is 24.6 Å². The summed E-state index contributed by atoms with van der Waals surface area (Å²) in [7, 11) is 0. The second-order valence-electron chi connectivity index (χ2n) is 8.64. The first-order valence-electron chi connectivity index (χ1n) is 9.41. The fraction of sp³-hybridized carbons (Fsp3) is 0.600. The lowest BCUT2D eigenvalue weighted by molar-refractivity contribution is -0.142. The molecule has 1 spiro atoms. The number of aryl methyl sites for hydroxylation is 1. The van der Waals surface area contributed by atoms with Gasteiger partial charge in [-0.05, 0) is 55.7 Å². The summed E-state index contributed by atoms with van der Waals surface area (Å²) in [6.45, 7) is 3.66. The van der Waals surface area contributed by atoms with Gasteiger partial charge in [-0.15, -0.1) is 0 Å². The van der Waals surface area contributed by atoms with Crippen LogP contribution in [-0.2, 0) is 14.9 Å². The van der Waals surface area contributed by atoms with Gasteiger partial charge in [-0.2, -0.15) is 0 Å². The molecule has 26 heavy (non-hydrogen) atoms. The molecule has 0 bridgehead atoms. The third-order valence-electron chi connectivity index (χ3n) is 7.03. The van der Waals surface area contributed by atoms with Gasteiger partial charge in [0.05, 0.1) is 5.54 Å². The van der Waals surface area contributed by atoms with Crippen LogP contribution >= 0.6 is 0 Å². The molecule has 2 saturated heterocycles. The predicted octanol–water partition coefficient (Wildman–Crippen LogP) is 2.51. The van der Waals surface area contributed by atoms with Gasteiger partial charge < -0.3 is 15.0 Å². The molecule has 2 aliphatic heterocycles. The van der Waals surface area contributed by atoms with Gasteiger partial charge in [-0.3, -0.25) is 4.79 Å². The Morgan fingerprint density at radius 3 is 2.81 bits per heavy atom. The number of piperidine rings is 1. The number of halogens is 1. The van der Waals surface area contributed by atoms with Crippen LogP contribution in [-0.4, -0.2) is 42.1 Å². The Kier molecular flexibility index (Phi) is 3.22. The lowest BCUT2D eigenvalue weighted by Crippen LogP contribution is -2.58. The number of likely N-dealkylation sites (tertiary alicyclic amines) is 1. The molecule has 5 rings (SSSR count). The van der Waals surface area contributed by atoms with Gasteiger partial charge in [0.2, 0.25) is 5.91 Å². The number of cyclic esters (lactones) is 1. The van der Waals surface area contributed by atoms with E-state index in [1.807, 2.05) is 17.0 Å². The van der Waals surface area contributed by atoms with Crippen molar-refractivity contribution < 1.29 is 18.7 Å². The molecule has 2 atom stereocenters. The van der Waals surface area contributed by atoms with E-state index in [2.05, 4.69) is 5.32 Å². The van der Waals surface area contributed by atoms with E-state index >= 15 is 0 Å². The summed E-state index contributed by atoms with van der Waals surface area (Å²) >= 11 is 0. The van der Waals surface area contributed by atoms with Crippen LogP contribution in [0.4, 0.5) is 9.18 Å². The van der Waals surface area contributed by atoms with Crippen LogP contribution in [0.5, 0.6) is 0 Å². The summed E-state index contributed by atoms with van der Waals surface area (Å²) in [5.74, 6) is 0.486. The normalized spacial score (nSPS) is 37.6. The molecule has 1 aromatic carbocycles. The van der Waals surface area contributed by atoms with Crippen molar-refractivity contribution in [2.75, 3.05) is 19.7 Å². The van der Waals surface area contributed by atoms with E-state index in [9.17, 15) is 14.0 Å². The van der Waals surface area contributed by atoms with Gasteiger partial charge >= 0.3 is 6.09 Å². The molecule has 4 aliphatic rings. The number of hydrogen-bond donors (Lipinski definition) is 1. The smallest absolute Gasteiger partial charge is 0.407 e. The van der Waals surface area contributed by atoms with Crippen molar-refractivity contribution in [3.63, 3.8) is 0 Å². The zero-order chi connectivity index (χ0) is 18.1. The van der Waals surface area contributed by atoms with Crippen LogP contribution in [0.2, 0.25) is 0 Å². The minimum Gasteiger partial charge on any atom is -0.447 e. The van der Waals surface area contributed by atoms with E-state index in [4.69, 9.17) is 4.74 Å². The topological polar surface area (TPSA) is 58.6 Å². The molecule has 4 fully saturated rings. The highest BCUT2D eigenvalue weighted by Crippen LogP contribution is 2.59. The van der Waals surface area contributed by atoms with Crippen molar-refractivity contribution in [1.29, 1.82) is 0 Å². The van der Waals surface area contributed by atoms with Gasteiger partial charge in [-0.25, -0.2) is 9.18 Å². The Labute approximate surface area is 151 Å². The lowest BCUT2D eigenvalue weighted by atomic mass is 9.68. The molecule has 2 saturated carbocycles. The van der Waals surface area contributed by atoms with Crippen molar-refractivity contribution in [2.24, 2.45) is 11.8 Å². The van der Waals surface area contributed by atoms with Gasteiger partial charge in [-0.1, -0.05) is 12.1 Å². The number of rotatable bonds is 2. The predicted molar refractivity (Wildman–Crippen MR) is 92.1 cm³/mol. The molecule has 2 heterocycles. The third kappa shape index (κ3) is 2.27. The Balaban J connectivity index is 1.22. The second-order valence-corrected chi connectivity index (χ2v) is 8.64. The number of benzene rings is 1. The summed E-state index contributed by atoms with van der Waals surface area (Å²) in [5.41, 5.74) is 1.53. The average molecular weight is 358 g/mol. The highest BCUT2D eigenvalue weighted by molar-refractivity contribution is 5.82. The number of fused-ring (bicyclic) bond motifs is 1. The standard InChI is InChI=1S/C20H23FN2O3/c1-12-2-3-14(6-16(12)21)20-4-5-23(10-15(20)9-20)17(24)13-7-19(8-13)11-26-18(25)22-19/h2-3,6,13,15H,4-5,7-11H2,1H3,(H,22,25)/t13?,15-,19?,20-/m0/s1. The zero-order valence-electron chi connectivity index (χ0n) is 14.9. The number of nitrogens with one attached hydrogen (secondary N) is 1. The van der Waals surface area contributed by atoms with Crippen molar-refractivity contribution in [3.8, 4) is 0 Å². The minimum absolute atomic E-state index is 0.0138. The van der Waals surface area contributed by atoms with E-state index in [1.165, 1.54) is 0 Å². The molecule has 0 radical (unpaired) electrons. The number of amides is 2. The van der Waals surface area contributed by atoms with Crippen LogP contribution < -0.4 is 5.32 Å². The number of carbonyl (C=O) groups is 2. The summed E-state index contributed by atoms with van der Waals surface area (Å²) in [5, 5.41) is 2.84. The largest absolute Gasteiger partial charge is 0.447 e. The second kappa shape index (κ2) is 5.21. The highest BCUT2D eigenvalue weighted by Gasteiger charge is 2.59. The molecule has 2 aliphatic carbocycles. The maximum atomic E-state index is 14.0. The molecular weight excluding hydrogens is 335 g/mol. The van der Waals surface area contributed by atoms with E-state index < -0.39 is 0 Å². The van der Waals surface area contributed by atoms with Crippen LogP contribution in [0.15, 0.2) is 18.2 Å². The van der Waals surface area contributed by atoms with Crippen molar-refractivity contribution in [3.05, 3.63) is 35.1 Å². The maximum Gasteiger partial charge on any atom is 0.407 e. The zero-order valence-corrected chi connectivity index (χ0v) is 14.9. The summed E-state index contributed by atoms with van der Waals surface area (Å²) < 4.78 is 18.9. The first kappa shape index (κ1) is 16.1. The minimum atomic E-state index is -0.373. The molecule has 138 valence electrons. The Morgan fingerprint density at radius 2 is 2.15 bits per heavy atom. The number of carbonyl (C=O) groups excluding carboxylic acids is 2. The van der Waals surface area contributed by atoms with Crippen molar-refractivity contribution in [1.82, 2.24) is 10.2 Å². The molecule has 2 amide bonds. The number of hydrogen-bond acceptors (Lipinski definition) is 3. The van der Waals surface area contributed by atoms with Crippen molar-refractivity contribution in [2.45, 2.75) is 43.6 Å². The van der Waals surface area contributed by atoms with E-state index in [-0.39, 0.29) is 34.7 Å². The summed E-state index contributed by atoms with van der Waals surface area (Å²) in [6, 6.07) is 5.59. The molecule has 6 heteroatoms. The molecular formula is C20H23FN2O3. The lowest BCUT2D eigenvalue weighted by Gasteiger charge is -2.44. The van der Waals surface area contributed by atoms with E-state index in [0.29, 0.717) is 30.9 Å². The Hall–Kier alpha value is -2.11. The monoisotopic (exact) mass is 358 g/mol. The summed E-state index contributed by atoms with van der Waals surface area (Å²) in [6.07, 6.45) is 2.92. The van der Waals surface area contributed by atoms with Gasteiger partial charge in [0.1, 0.15) is 12.4 Å². The molecule has 0 aromatic heterocycles. The first-order valence-corrected chi connectivity index (χ1v) is 9.41. The SMILES string of the molecule is Cc1ccc([C@@]23CCN(C(=O)C4CC5(COC(=O)N5)C4)C[C@@H]2C3)cc1F. The maximum absolute atomic E-state index is 14.0. The van der Waals surface area contributed by atoms with Crippen molar-refractivity contribution >= 4 is 12.0 Å². The fourth-order valence-corrected chi connectivity index (χ4v) is 5.25. The van der Waals surface area contributed by atoms with E-state index in [0.717, 1.165) is 31.5 Å². The van der Waals surface area contributed by atoms with Crippen LogP contribution in [0.1, 0.15) is 36.8 Å². The Bertz CT molecular complexity index is 804. The van der Waals surface area contributed by atoms with Crippen LogP contribution in [0.3, 0.4) is 0 Å². The Morgan fingerprint density at radius 1 is 1.35 bits per heavy atom. The molecule has 1 N–H and O–H groups in total. The van der Waals surface area contributed by atoms with Crippen LogP contribution in [0.25, 0.3) is 0 Å². The molecule has 1 aromatic rings. The number of ether oxygens (including phenoxy) is 1. The number of nitrogens with zero attached hydrogens (tertiary/aromatic N) is 1. The molecule has 5 nitrogen and oxygen atoms in total. The van der Waals surface area contributed by atoms with Gasteiger partial charge in [0, 0.05) is 24.4 Å². The quantitative estimate of drug-likeness (QED) is 0.884. The first-order chi connectivity index (χ1) is 12.4. The fourth-order valence-electron chi connectivity index (χ4n) is 5.25. The average Bonchev–Trinajstić information content (AvgIpc) is 3.21. The molecule has 0 unspecified atom stereocenters. The highest BCUT2D eigenvalue weighted by atomic mass is 19.1. The van der Waals surface area contributed by atoms with Gasteiger partial charge in [0.25, 0.3) is 0 Å². The number of alkyl carbamates (subject to hydrolysis) is 1. The summed E-state index contributed by atoms with van der Waals surface area (Å²) in [4.78, 5) is 26.0. The van der Waals surface area contributed by atoms with Gasteiger partial charge in [0.15, 0.2) is 0 Å². The van der Waals surface area contributed by atoms with E-state index in [1.54, 1.807) is 13.0 Å².